The van der Waals surface area contributed by atoms with Gasteiger partial charge in [0.2, 0.25) is 0 Å². The fourth-order valence-corrected chi connectivity index (χ4v) is 4.34. The number of hydrogen-bond donors (Lipinski definition) is 2. The number of aromatic amines is 1. The lowest BCUT2D eigenvalue weighted by molar-refractivity contribution is 0.102. The van der Waals surface area contributed by atoms with Crippen LogP contribution in [0.25, 0.3) is 0 Å². The topological polar surface area (TPSA) is 61.0 Å². The monoisotopic (exact) mass is 366 g/mol. The van der Waals surface area contributed by atoms with Crippen LogP contribution in [0.15, 0.2) is 24.3 Å². The van der Waals surface area contributed by atoms with Crippen LogP contribution in [0.2, 0.25) is 0 Å². The van der Waals surface area contributed by atoms with Gasteiger partial charge in [-0.15, -0.1) is 0 Å². The molecule has 1 aromatic heterocycles. The van der Waals surface area contributed by atoms with Crippen molar-refractivity contribution in [1.29, 1.82) is 0 Å². The van der Waals surface area contributed by atoms with Crippen molar-refractivity contribution in [2.45, 2.75) is 51.4 Å². The highest BCUT2D eigenvalue weighted by Gasteiger charge is 2.21. The molecule has 0 saturated carbocycles. The van der Waals surface area contributed by atoms with Gasteiger partial charge < -0.3 is 10.2 Å². The Kier molecular flexibility index (Phi) is 5.58. The van der Waals surface area contributed by atoms with Crippen LogP contribution in [0.4, 0.5) is 5.69 Å². The number of anilines is 1. The minimum absolute atomic E-state index is 0.103. The van der Waals surface area contributed by atoms with Crippen molar-refractivity contribution in [2.75, 3.05) is 25.5 Å². The molecule has 1 fully saturated rings. The van der Waals surface area contributed by atoms with Gasteiger partial charge in [-0.05, 0) is 95.1 Å². The van der Waals surface area contributed by atoms with E-state index in [1.165, 1.54) is 44.3 Å². The molecule has 1 aliphatic carbocycles. The van der Waals surface area contributed by atoms with Crippen molar-refractivity contribution < 1.29 is 4.79 Å². The molecule has 2 aromatic rings. The Balaban J connectivity index is 1.31. The molecule has 0 spiro atoms. The number of amides is 1. The molecule has 2 N–H and O–H groups in total. The molecule has 0 radical (unpaired) electrons. The number of benzene rings is 1. The lowest BCUT2D eigenvalue weighted by Gasteiger charge is -2.28. The number of carbonyl (C=O) groups is 1. The SMILES string of the molecule is CN1CCC(CCc2ccc(NC(=O)c3n[nH]c4c3CCCC4)cc2)CC1. The number of aromatic nitrogens is 2. The van der Waals surface area contributed by atoms with E-state index in [1.54, 1.807) is 0 Å². The van der Waals surface area contributed by atoms with Gasteiger partial charge in [0.1, 0.15) is 0 Å². The molecule has 5 nitrogen and oxygen atoms in total. The Morgan fingerprint density at radius 1 is 1.19 bits per heavy atom. The van der Waals surface area contributed by atoms with Gasteiger partial charge in [-0.25, -0.2) is 0 Å². The molecule has 1 saturated heterocycles. The van der Waals surface area contributed by atoms with Crippen LogP contribution in [-0.4, -0.2) is 41.1 Å². The van der Waals surface area contributed by atoms with Crippen LogP contribution in [-0.2, 0) is 19.3 Å². The standard InChI is InChI=1S/C22H30N4O/c1-26-14-12-17(13-15-26)7-6-16-8-10-18(11-9-16)23-22(27)21-19-4-2-3-5-20(19)24-25-21/h8-11,17H,2-7,12-15H2,1H3,(H,23,27)(H,24,25). The summed E-state index contributed by atoms with van der Waals surface area (Å²) in [5, 5.41) is 10.3. The Morgan fingerprint density at radius 2 is 1.93 bits per heavy atom. The molecule has 1 aromatic carbocycles. The highest BCUT2D eigenvalue weighted by atomic mass is 16.1. The zero-order chi connectivity index (χ0) is 18.6. The number of rotatable bonds is 5. The number of carbonyl (C=O) groups excluding carboxylic acids is 1. The second kappa shape index (κ2) is 8.26. The Bertz CT molecular complexity index is 772. The highest BCUT2D eigenvalue weighted by Crippen LogP contribution is 2.24. The van der Waals surface area contributed by atoms with E-state index >= 15 is 0 Å². The number of fused-ring (bicyclic) bond motifs is 1. The summed E-state index contributed by atoms with van der Waals surface area (Å²) in [6, 6.07) is 8.32. The van der Waals surface area contributed by atoms with Crippen LogP contribution in [0.5, 0.6) is 0 Å². The molecule has 2 aliphatic rings. The van der Waals surface area contributed by atoms with Gasteiger partial charge in [0, 0.05) is 16.9 Å². The van der Waals surface area contributed by atoms with E-state index in [0.717, 1.165) is 48.5 Å². The molecule has 1 aliphatic heterocycles. The number of H-pyrrole nitrogens is 1. The molecule has 144 valence electrons. The zero-order valence-electron chi connectivity index (χ0n) is 16.3. The van der Waals surface area contributed by atoms with Crippen molar-refractivity contribution in [3.05, 3.63) is 46.8 Å². The van der Waals surface area contributed by atoms with E-state index in [4.69, 9.17) is 0 Å². The minimum atomic E-state index is -0.103. The van der Waals surface area contributed by atoms with Crippen molar-refractivity contribution >= 4 is 11.6 Å². The summed E-state index contributed by atoms with van der Waals surface area (Å²) >= 11 is 0. The third kappa shape index (κ3) is 4.41. The summed E-state index contributed by atoms with van der Waals surface area (Å²) in [5.41, 5.74) is 5.00. The van der Waals surface area contributed by atoms with Gasteiger partial charge in [-0.1, -0.05) is 12.1 Å². The first-order valence-corrected chi connectivity index (χ1v) is 10.3. The normalized spacial score (nSPS) is 18.3. The third-order valence-electron chi connectivity index (χ3n) is 6.16. The molecule has 5 heteroatoms. The average molecular weight is 367 g/mol. The van der Waals surface area contributed by atoms with E-state index in [9.17, 15) is 4.79 Å². The number of nitrogens with zero attached hydrogens (tertiary/aromatic N) is 2. The van der Waals surface area contributed by atoms with Crippen molar-refractivity contribution in [2.24, 2.45) is 5.92 Å². The summed E-state index contributed by atoms with van der Waals surface area (Å²) in [7, 11) is 2.21. The summed E-state index contributed by atoms with van der Waals surface area (Å²) in [4.78, 5) is 15.0. The molecule has 1 amide bonds. The minimum Gasteiger partial charge on any atom is -0.321 e. The molecule has 27 heavy (non-hydrogen) atoms. The van der Waals surface area contributed by atoms with Gasteiger partial charge in [-0.3, -0.25) is 9.89 Å². The first-order chi connectivity index (χ1) is 13.2. The first-order valence-electron chi connectivity index (χ1n) is 10.3. The highest BCUT2D eigenvalue weighted by molar-refractivity contribution is 6.04. The van der Waals surface area contributed by atoms with Crippen LogP contribution in [0, 0.1) is 5.92 Å². The maximum Gasteiger partial charge on any atom is 0.276 e. The molecule has 4 rings (SSSR count). The predicted octanol–water partition coefficient (Wildman–Crippen LogP) is 3.82. The molecular formula is C22H30N4O. The molecule has 0 unspecified atom stereocenters. The lowest BCUT2D eigenvalue weighted by atomic mass is 9.91. The van der Waals surface area contributed by atoms with Gasteiger partial charge in [0.05, 0.1) is 0 Å². The fourth-order valence-electron chi connectivity index (χ4n) is 4.34. The largest absolute Gasteiger partial charge is 0.321 e. The summed E-state index contributed by atoms with van der Waals surface area (Å²) in [5.74, 6) is 0.750. The summed E-state index contributed by atoms with van der Waals surface area (Å²) in [6.45, 7) is 2.46. The van der Waals surface area contributed by atoms with Gasteiger partial charge in [0.15, 0.2) is 5.69 Å². The van der Waals surface area contributed by atoms with Crippen LogP contribution in [0.1, 0.15) is 59.4 Å². The number of aryl methyl sites for hydroxylation is 2. The van der Waals surface area contributed by atoms with E-state index in [0.29, 0.717) is 5.69 Å². The molecule has 0 atom stereocenters. The zero-order valence-corrected chi connectivity index (χ0v) is 16.3. The van der Waals surface area contributed by atoms with Crippen LogP contribution < -0.4 is 5.32 Å². The van der Waals surface area contributed by atoms with E-state index in [2.05, 4.69) is 39.6 Å². The van der Waals surface area contributed by atoms with E-state index in [1.807, 2.05) is 12.1 Å². The third-order valence-corrected chi connectivity index (χ3v) is 6.16. The Labute approximate surface area is 161 Å². The van der Waals surface area contributed by atoms with Crippen molar-refractivity contribution in [3.63, 3.8) is 0 Å². The van der Waals surface area contributed by atoms with Crippen LogP contribution in [0.3, 0.4) is 0 Å². The Hall–Kier alpha value is -2.14. The number of nitrogens with one attached hydrogen (secondary N) is 2. The molecule has 0 bridgehead atoms. The Morgan fingerprint density at radius 3 is 2.70 bits per heavy atom. The first kappa shape index (κ1) is 18.2. The summed E-state index contributed by atoms with van der Waals surface area (Å²) < 4.78 is 0. The van der Waals surface area contributed by atoms with Gasteiger partial charge >= 0.3 is 0 Å². The number of likely N-dealkylation sites (tertiary alicyclic amines) is 1. The maximum absolute atomic E-state index is 12.6. The smallest absolute Gasteiger partial charge is 0.276 e. The molecular weight excluding hydrogens is 336 g/mol. The van der Waals surface area contributed by atoms with E-state index in [-0.39, 0.29) is 5.91 Å². The van der Waals surface area contributed by atoms with Crippen molar-refractivity contribution in [1.82, 2.24) is 15.1 Å². The fraction of sp³-hybridized carbons (Fsp3) is 0.545. The van der Waals surface area contributed by atoms with Crippen LogP contribution >= 0.6 is 0 Å². The molecule has 2 heterocycles. The summed E-state index contributed by atoms with van der Waals surface area (Å²) in [6.07, 6.45) is 9.28. The number of piperidine rings is 1. The number of hydrogen-bond acceptors (Lipinski definition) is 3. The second-order valence-corrected chi connectivity index (χ2v) is 8.17. The predicted molar refractivity (Wildman–Crippen MR) is 108 cm³/mol. The lowest BCUT2D eigenvalue weighted by Crippen LogP contribution is -2.30. The quantitative estimate of drug-likeness (QED) is 0.846. The average Bonchev–Trinajstić information content (AvgIpc) is 3.13. The van der Waals surface area contributed by atoms with Gasteiger partial charge in [-0.2, -0.15) is 5.10 Å². The second-order valence-electron chi connectivity index (χ2n) is 8.17. The van der Waals surface area contributed by atoms with Gasteiger partial charge in [0.25, 0.3) is 5.91 Å². The van der Waals surface area contributed by atoms with Crippen molar-refractivity contribution in [3.8, 4) is 0 Å². The maximum atomic E-state index is 12.6. The van der Waals surface area contributed by atoms with E-state index < -0.39 is 0 Å².